The summed E-state index contributed by atoms with van der Waals surface area (Å²) in [6, 6.07) is 0. The number of allylic oxidation sites excluding steroid dienone is 10. The van der Waals surface area contributed by atoms with Gasteiger partial charge in [0.2, 0.25) is 0 Å². The number of hydrogen-bond donors (Lipinski definition) is 3. The summed E-state index contributed by atoms with van der Waals surface area (Å²) < 4.78 is 68.5. The summed E-state index contributed by atoms with van der Waals surface area (Å²) in [5, 5.41) is 10.6. The van der Waals surface area contributed by atoms with Crippen molar-refractivity contribution in [3.05, 3.63) is 60.8 Å². The van der Waals surface area contributed by atoms with Crippen LogP contribution in [0.5, 0.6) is 0 Å². The van der Waals surface area contributed by atoms with Gasteiger partial charge in [-0.05, 0) is 83.5 Å². The zero-order valence-corrected chi connectivity index (χ0v) is 64.3. The third-order valence-electron chi connectivity index (χ3n) is 17.0. The fraction of sp³-hybridized carbons (Fsp3) is 0.823. The van der Waals surface area contributed by atoms with Gasteiger partial charge >= 0.3 is 39.5 Å². The SMILES string of the molecule is CC/C=C\C/C=C\C/C=C\C/C=C\CCCCCCCCC(=O)OCC(COP(=O)(O)OCC(O)COP(=O)(O)OCC(COC(=O)CCCCCCCCCCCCCCCCC)OC(=O)CCCCCCC/C=C\CCCC)OC(=O)CCCCCCCCCCCCCCC. The van der Waals surface area contributed by atoms with Crippen molar-refractivity contribution in [1.29, 1.82) is 0 Å². The van der Waals surface area contributed by atoms with Crippen molar-refractivity contribution in [2.45, 2.75) is 380 Å². The van der Waals surface area contributed by atoms with Gasteiger partial charge in [0.25, 0.3) is 0 Å². The lowest BCUT2D eigenvalue weighted by Crippen LogP contribution is -2.30. The molecule has 0 amide bonds. The fourth-order valence-electron chi connectivity index (χ4n) is 11.0. The number of hydrogen-bond acceptors (Lipinski definition) is 15. The van der Waals surface area contributed by atoms with E-state index in [9.17, 15) is 43.2 Å². The maximum Gasteiger partial charge on any atom is 0.472 e. The molecule has 0 aromatic carbocycles. The Morgan fingerprint density at radius 1 is 0.296 bits per heavy atom. The van der Waals surface area contributed by atoms with Gasteiger partial charge in [-0.15, -0.1) is 0 Å². The number of ether oxygens (including phenoxy) is 4. The first kappa shape index (κ1) is 94.8. The van der Waals surface area contributed by atoms with E-state index >= 15 is 0 Å². The van der Waals surface area contributed by atoms with E-state index in [-0.39, 0.29) is 25.7 Å². The van der Waals surface area contributed by atoms with Crippen LogP contribution in [-0.2, 0) is 65.4 Å². The summed E-state index contributed by atoms with van der Waals surface area (Å²) in [5.41, 5.74) is 0. The standard InChI is InChI=1S/C79H144O17P2/c1-5-9-13-17-21-25-29-32-34-35-36-37-39-42-45-48-52-56-60-64-77(82)90-70-75(96-79(84)66-62-58-54-50-46-40-31-27-23-19-15-11-7-3)72-94-98(87,88)92-68-73(80)67-91-97(85,86)93-71-74(95-78(83)65-61-57-53-49-43-28-24-20-16-12-8-4)69-89-76(81)63-59-55-51-47-44-41-38-33-30-26-22-18-14-10-6-2/h9,13,20-21,24-25,32,34,36-37,73-75,80H,5-8,10-12,14-19,22-23,26-31,33,35,38-72H2,1-4H3,(H,85,86)(H,87,88)/b13-9-,24-20-,25-21-,34-32-,37-36-. The van der Waals surface area contributed by atoms with Crippen molar-refractivity contribution in [2.75, 3.05) is 39.6 Å². The predicted octanol–water partition coefficient (Wildman–Crippen LogP) is 22.7. The van der Waals surface area contributed by atoms with Gasteiger partial charge in [-0.1, -0.05) is 313 Å². The van der Waals surface area contributed by atoms with Crippen LogP contribution in [0.3, 0.4) is 0 Å². The first-order chi connectivity index (χ1) is 47.7. The van der Waals surface area contributed by atoms with E-state index in [0.717, 1.165) is 148 Å². The molecule has 3 N–H and O–H groups in total. The molecule has 0 aliphatic rings. The molecule has 0 rings (SSSR count). The monoisotopic (exact) mass is 1430 g/mol. The van der Waals surface area contributed by atoms with Gasteiger partial charge in [0.1, 0.15) is 19.3 Å². The number of rotatable bonds is 75. The molecular weight excluding hydrogens is 1280 g/mol. The molecule has 0 saturated heterocycles. The number of aliphatic hydroxyl groups is 1. The normalized spacial score (nSPS) is 14.2. The number of carbonyl (C=O) groups excluding carboxylic acids is 4. The summed E-state index contributed by atoms with van der Waals surface area (Å²) in [7, 11) is -9.93. The summed E-state index contributed by atoms with van der Waals surface area (Å²) in [5.74, 6) is -2.16. The van der Waals surface area contributed by atoms with Crippen molar-refractivity contribution in [3.8, 4) is 0 Å². The van der Waals surface area contributed by atoms with E-state index in [2.05, 4.69) is 88.5 Å². The van der Waals surface area contributed by atoms with Gasteiger partial charge in [0, 0.05) is 25.7 Å². The van der Waals surface area contributed by atoms with Crippen LogP contribution in [0.15, 0.2) is 60.8 Å². The molecule has 98 heavy (non-hydrogen) atoms. The van der Waals surface area contributed by atoms with Gasteiger partial charge < -0.3 is 33.8 Å². The molecule has 0 aliphatic carbocycles. The molecule has 5 unspecified atom stereocenters. The van der Waals surface area contributed by atoms with Crippen LogP contribution in [0.25, 0.3) is 0 Å². The number of esters is 4. The zero-order chi connectivity index (χ0) is 71.8. The third kappa shape index (κ3) is 71.2. The Morgan fingerprint density at radius 2 is 0.541 bits per heavy atom. The molecule has 0 radical (unpaired) electrons. The lowest BCUT2D eigenvalue weighted by molar-refractivity contribution is -0.161. The number of unbranched alkanes of at least 4 members (excludes halogenated alkanes) is 39. The molecule has 572 valence electrons. The van der Waals surface area contributed by atoms with Gasteiger partial charge in [-0.25, -0.2) is 9.13 Å². The maximum atomic E-state index is 13.1. The first-order valence-electron chi connectivity index (χ1n) is 39.5. The minimum atomic E-state index is -4.97. The molecular formula is C79H144O17P2. The second-order valence-corrected chi connectivity index (χ2v) is 29.5. The Kier molecular flexibility index (Phi) is 69.7. The Balaban J connectivity index is 5.27. The molecule has 0 aromatic heterocycles. The summed E-state index contributed by atoms with van der Waals surface area (Å²) in [4.78, 5) is 72.9. The van der Waals surface area contributed by atoms with Crippen LogP contribution < -0.4 is 0 Å². The molecule has 0 aromatic rings. The highest BCUT2D eigenvalue weighted by molar-refractivity contribution is 7.47. The van der Waals surface area contributed by atoms with E-state index < -0.39 is 97.5 Å². The van der Waals surface area contributed by atoms with E-state index in [0.29, 0.717) is 25.7 Å². The Morgan fingerprint density at radius 3 is 0.857 bits per heavy atom. The Hall–Kier alpha value is -3.24. The highest BCUT2D eigenvalue weighted by atomic mass is 31.2. The average Bonchev–Trinajstić information content (AvgIpc) is 0.972. The third-order valence-corrected chi connectivity index (χ3v) is 18.9. The molecule has 0 bridgehead atoms. The van der Waals surface area contributed by atoms with Gasteiger partial charge in [0.15, 0.2) is 12.2 Å². The minimum Gasteiger partial charge on any atom is -0.462 e. The van der Waals surface area contributed by atoms with Crippen LogP contribution in [0, 0.1) is 0 Å². The second kappa shape index (κ2) is 72.1. The fourth-order valence-corrected chi connectivity index (χ4v) is 12.5. The van der Waals surface area contributed by atoms with E-state index in [4.69, 9.17) is 37.0 Å². The largest absolute Gasteiger partial charge is 0.472 e. The second-order valence-electron chi connectivity index (χ2n) is 26.6. The van der Waals surface area contributed by atoms with E-state index in [1.54, 1.807) is 0 Å². The van der Waals surface area contributed by atoms with Crippen molar-refractivity contribution in [3.63, 3.8) is 0 Å². The molecule has 19 heteroatoms. The minimum absolute atomic E-state index is 0.0903. The van der Waals surface area contributed by atoms with E-state index in [1.807, 2.05) is 0 Å². The molecule has 0 fully saturated rings. The van der Waals surface area contributed by atoms with Gasteiger partial charge in [-0.3, -0.25) is 37.3 Å². The number of phosphoric acid groups is 2. The summed E-state index contributed by atoms with van der Waals surface area (Å²) in [6.45, 7) is 4.77. The van der Waals surface area contributed by atoms with E-state index in [1.165, 1.54) is 135 Å². The van der Waals surface area contributed by atoms with Crippen LogP contribution in [0.2, 0.25) is 0 Å². The lowest BCUT2D eigenvalue weighted by Gasteiger charge is -2.21. The quantitative estimate of drug-likeness (QED) is 0.0169. The summed E-state index contributed by atoms with van der Waals surface area (Å²) >= 11 is 0. The Bertz CT molecular complexity index is 2100. The van der Waals surface area contributed by atoms with Crippen molar-refractivity contribution < 1.29 is 80.2 Å². The molecule has 5 atom stereocenters. The van der Waals surface area contributed by atoms with Crippen LogP contribution >= 0.6 is 15.6 Å². The highest BCUT2D eigenvalue weighted by Gasteiger charge is 2.30. The number of aliphatic hydroxyl groups excluding tert-OH is 1. The maximum absolute atomic E-state index is 13.1. The highest BCUT2D eigenvalue weighted by Crippen LogP contribution is 2.45. The summed E-state index contributed by atoms with van der Waals surface area (Å²) in [6.07, 6.45) is 70.6. The molecule has 0 heterocycles. The number of carbonyl (C=O) groups is 4. The first-order valence-corrected chi connectivity index (χ1v) is 42.5. The van der Waals surface area contributed by atoms with Crippen molar-refractivity contribution in [2.24, 2.45) is 0 Å². The number of phosphoric ester groups is 2. The lowest BCUT2D eigenvalue weighted by atomic mass is 10.0. The molecule has 0 aliphatic heterocycles. The van der Waals surface area contributed by atoms with Gasteiger partial charge in [0.05, 0.1) is 26.4 Å². The van der Waals surface area contributed by atoms with Crippen molar-refractivity contribution in [1.82, 2.24) is 0 Å². The Labute approximate surface area is 597 Å². The van der Waals surface area contributed by atoms with Crippen molar-refractivity contribution >= 4 is 39.5 Å². The van der Waals surface area contributed by atoms with Crippen LogP contribution in [0.1, 0.15) is 362 Å². The molecule has 0 saturated carbocycles. The smallest absolute Gasteiger partial charge is 0.462 e. The average molecular weight is 1430 g/mol. The zero-order valence-electron chi connectivity index (χ0n) is 62.5. The molecule has 17 nitrogen and oxygen atoms in total. The van der Waals surface area contributed by atoms with Crippen LogP contribution in [0.4, 0.5) is 0 Å². The van der Waals surface area contributed by atoms with Crippen LogP contribution in [-0.4, -0.2) is 96.7 Å². The molecule has 0 spiro atoms. The predicted molar refractivity (Wildman–Crippen MR) is 400 cm³/mol. The topological polar surface area (TPSA) is 237 Å². The van der Waals surface area contributed by atoms with Gasteiger partial charge in [-0.2, -0.15) is 0 Å².